The molecule has 0 spiro atoms. The van der Waals surface area contributed by atoms with Crippen LogP contribution in [0.1, 0.15) is 72.9 Å². The summed E-state index contributed by atoms with van der Waals surface area (Å²) in [5.74, 6) is 0.718. The Hall–Kier alpha value is -3.85. The van der Waals surface area contributed by atoms with Gasteiger partial charge in [0.2, 0.25) is 5.91 Å². The second kappa shape index (κ2) is 13.8. The lowest BCUT2D eigenvalue weighted by atomic mass is 9.77. The van der Waals surface area contributed by atoms with Crippen LogP contribution >= 0.6 is 0 Å². The van der Waals surface area contributed by atoms with Gasteiger partial charge in [-0.1, -0.05) is 68.0 Å². The van der Waals surface area contributed by atoms with Gasteiger partial charge in [-0.05, 0) is 61.3 Å². The summed E-state index contributed by atoms with van der Waals surface area (Å²) >= 11 is 0. The molecule has 2 fully saturated rings. The molecule has 2 aliphatic rings. The van der Waals surface area contributed by atoms with Crippen LogP contribution in [0.15, 0.2) is 90.4 Å². The zero-order valence-corrected chi connectivity index (χ0v) is 26.5. The van der Waals surface area contributed by atoms with E-state index in [0.29, 0.717) is 42.6 Å². The first kappa shape index (κ1) is 31.6. The molecule has 0 bridgehead atoms. The first-order chi connectivity index (χ1) is 21.2. The molecule has 0 aliphatic carbocycles. The molecule has 3 aromatic rings. The number of carbonyl (C=O) groups excluding carboxylic acids is 2. The number of rotatable bonds is 12. The molecule has 1 aromatic heterocycles. The fourth-order valence-electron chi connectivity index (χ4n) is 6.87. The lowest BCUT2D eigenvalue weighted by molar-refractivity contribution is -0.137. The Kier molecular flexibility index (Phi) is 9.93. The number of carbonyl (C=O) groups is 2. The van der Waals surface area contributed by atoms with E-state index in [-0.39, 0.29) is 23.1 Å². The van der Waals surface area contributed by atoms with Gasteiger partial charge in [0.25, 0.3) is 5.91 Å². The molecule has 5 rings (SSSR count). The van der Waals surface area contributed by atoms with Gasteiger partial charge < -0.3 is 9.80 Å². The topological polar surface area (TPSA) is 101 Å². The minimum Gasteiger partial charge on any atom is -0.338 e. The second-order valence-electron chi connectivity index (χ2n) is 12.3. The summed E-state index contributed by atoms with van der Waals surface area (Å²) in [7, 11) is -3.25. The van der Waals surface area contributed by atoms with E-state index in [1.165, 1.54) is 18.1 Å². The number of hydrogen-bond acceptors (Lipinski definition) is 6. The third kappa shape index (κ3) is 7.26. The zero-order valence-electron chi connectivity index (χ0n) is 25.6. The molecule has 3 atom stereocenters. The van der Waals surface area contributed by atoms with E-state index < -0.39 is 9.84 Å². The molecule has 1 unspecified atom stereocenters. The van der Waals surface area contributed by atoms with Gasteiger partial charge in [0.1, 0.15) is 6.33 Å². The van der Waals surface area contributed by atoms with Crippen LogP contribution in [0.25, 0.3) is 0 Å². The molecule has 0 saturated carbocycles. The van der Waals surface area contributed by atoms with Crippen LogP contribution in [-0.4, -0.2) is 65.9 Å². The molecule has 2 amide bonds. The Morgan fingerprint density at radius 2 is 1.73 bits per heavy atom. The van der Waals surface area contributed by atoms with Crippen molar-refractivity contribution in [3.63, 3.8) is 0 Å². The highest BCUT2D eigenvalue weighted by molar-refractivity contribution is 7.90. The van der Waals surface area contributed by atoms with E-state index in [2.05, 4.69) is 53.3 Å². The number of nitrogens with zero attached hydrogens (tertiary/aromatic N) is 4. The van der Waals surface area contributed by atoms with Crippen molar-refractivity contribution >= 4 is 21.7 Å². The summed E-state index contributed by atoms with van der Waals surface area (Å²) in [4.78, 5) is 39.1. The number of hydrogen-bond donors (Lipinski definition) is 0. The molecular formula is C35H42N4O4S. The summed E-state index contributed by atoms with van der Waals surface area (Å²) in [5.41, 5.74) is 2.34. The van der Waals surface area contributed by atoms with Crippen LogP contribution in [0.3, 0.4) is 0 Å². The van der Waals surface area contributed by atoms with E-state index in [1.54, 1.807) is 36.7 Å². The van der Waals surface area contributed by atoms with Gasteiger partial charge in [0.15, 0.2) is 9.84 Å². The average molecular weight is 615 g/mol. The molecule has 2 saturated heterocycles. The minimum atomic E-state index is -3.25. The highest BCUT2D eigenvalue weighted by atomic mass is 32.2. The van der Waals surface area contributed by atoms with E-state index in [0.717, 1.165) is 44.1 Å². The molecule has 3 heterocycles. The summed E-state index contributed by atoms with van der Waals surface area (Å²) in [5, 5.41) is 0. The predicted molar refractivity (Wildman–Crippen MR) is 171 cm³/mol. The number of amides is 2. The maximum absolute atomic E-state index is 13.7. The van der Waals surface area contributed by atoms with Crippen molar-refractivity contribution in [2.24, 2.45) is 11.3 Å². The molecule has 2 aliphatic heterocycles. The van der Waals surface area contributed by atoms with Crippen LogP contribution in [0.5, 0.6) is 0 Å². The minimum absolute atomic E-state index is 0.0323. The molecule has 44 heavy (non-hydrogen) atoms. The molecular weight excluding hydrogens is 572 g/mol. The van der Waals surface area contributed by atoms with Crippen molar-refractivity contribution in [1.82, 2.24) is 19.8 Å². The lowest BCUT2D eigenvalue weighted by Gasteiger charge is -2.27. The Balaban J connectivity index is 1.20. The van der Waals surface area contributed by atoms with Gasteiger partial charge in [0, 0.05) is 50.7 Å². The van der Waals surface area contributed by atoms with E-state index in [9.17, 15) is 18.0 Å². The number of benzene rings is 2. The third-order valence-electron chi connectivity index (χ3n) is 9.21. The fraction of sp³-hybridized carbons (Fsp3) is 0.429. The summed E-state index contributed by atoms with van der Waals surface area (Å²) in [6.45, 7) is 4.69. The van der Waals surface area contributed by atoms with Gasteiger partial charge in [-0.15, -0.1) is 0 Å². The molecule has 232 valence electrons. The molecule has 8 nitrogen and oxygen atoms in total. The summed E-state index contributed by atoms with van der Waals surface area (Å²) in [6, 6.07) is 17.3. The zero-order chi connectivity index (χ0) is 31.2. The normalized spacial score (nSPS) is 22.3. The Morgan fingerprint density at radius 3 is 2.41 bits per heavy atom. The highest BCUT2D eigenvalue weighted by Gasteiger charge is 2.45. The quantitative estimate of drug-likeness (QED) is 0.243. The molecule has 0 N–H and O–H groups in total. The largest absolute Gasteiger partial charge is 0.338 e. The Bertz CT molecular complexity index is 1560. The Labute approximate surface area is 261 Å². The van der Waals surface area contributed by atoms with Gasteiger partial charge in [0.05, 0.1) is 15.9 Å². The highest BCUT2D eigenvalue weighted by Crippen LogP contribution is 2.42. The van der Waals surface area contributed by atoms with Gasteiger partial charge in [-0.25, -0.2) is 18.4 Å². The first-order valence-electron chi connectivity index (χ1n) is 15.5. The van der Waals surface area contributed by atoms with Crippen molar-refractivity contribution in [2.75, 3.05) is 25.9 Å². The van der Waals surface area contributed by atoms with Gasteiger partial charge in [-0.3, -0.25) is 9.59 Å². The van der Waals surface area contributed by atoms with Gasteiger partial charge >= 0.3 is 0 Å². The van der Waals surface area contributed by atoms with Crippen molar-refractivity contribution in [1.29, 1.82) is 0 Å². The third-order valence-corrected chi connectivity index (χ3v) is 10.3. The van der Waals surface area contributed by atoms with Crippen molar-refractivity contribution in [3.05, 3.63) is 102 Å². The second-order valence-corrected chi connectivity index (χ2v) is 14.3. The molecule has 9 heteroatoms. The summed E-state index contributed by atoms with van der Waals surface area (Å²) < 4.78 is 23.6. The van der Waals surface area contributed by atoms with Crippen LogP contribution in [-0.2, 0) is 21.2 Å². The number of aromatic nitrogens is 2. The van der Waals surface area contributed by atoms with E-state index >= 15 is 0 Å². The SMILES string of the molecule is CCCC1(CC/C=C/C[C@H]2CN(C(=O)c3cncnc3)C[C@@H]2c2ccccc2)CCN(Cc2ccc(S(C)(=O)=O)cc2)C1=O. The number of likely N-dealkylation sites (tertiary alicyclic amines) is 2. The summed E-state index contributed by atoms with van der Waals surface area (Å²) in [6.07, 6.45) is 15.4. The standard InChI is InChI=1S/C35H42N4O4S/c1-3-17-35(19-20-38(34(35)41)23-27-13-15-31(16-14-27)44(2,42)43)18-9-5-8-12-29-24-39(33(40)30-21-36-26-37-22-30)25-32(29)28-10-6-4-7-11-28/h4-8,10-11,13-16,21-22,26,29,32H,3,9,12,17-20,23-25H2,1-2H3/b8-5+/t29-,32+,35?/m0/s1. The van der Waals surface area contributed by atoms with Crippen LogP contribution < -0.4 is 0 Å². The average Bonchev–Trinajstić information content (AvgIpc) is 3.59. The van der Waals surface area contributed by atoms with Crippen molar-refractivity contribution in [3.8, 4) is 0 Å². The molecule has 0 radical (unpaired) electrons. The lowest BCUT2D eigenvalue weighted by Crippen LogP contribution is -2.34. The van der Waals surface area contributed by atoms with E-state index in [1.807, 2.05) is 15.9 Å². The van der Waals surface area contributed by atoms with Gasteiger partial charge in [-0.2, -0.15) is 0 Å². The predicted octanol–water partition coefficient (Wildman–Crippen LogP) is 5.68. The molecule has 2 aromatic carbocycles. The monoisotopic (exact) mass is 614 g/mol. The first-order valence-corrected chi connectivity index (χ1v) is 17.4. The van der Waals surface area contributed by atoms with E-state index in [4.69, 9.17) is 0 Å². The maximum atomic E-state index is 13.7. The van der Waals surface area contributed by atoms with Crippen LogP contribution in [0.2, 0.25) is 0 Å². The Morgan fingerprint density at radius 1 is 1.00 bits per heavy atom. The maximum Gasteiger partial charge on any atom is 0.257 e. The number of allylic oxidation sites excluding steroid dienone is 2. The number of sulfone groups is 1. The fourth-order valence-corrected chi connectivity index (χ4v) is 7.50. The van der Waals surface area contributed by atoms with Crippen molar-refractivity contribution in [2.45, 2.75) is 62.8 Å². The van der Waals surface area contributed by atoms with Crippen molar-refractivity contribution < 1.29 is 18.0 Å². The van der Waals surface area contributed by atoms with Crippen LogP contribution in [0.4, 0.5) is 0 Å². The smallest absolute Gasteiger partial charge is 0.257 e. The van der Waals surface area contributed by atoms with Crippen LogP contribution in [0, 0.1) is 11.3 Å².